The number of pyridine rings is 1. The van der Waals surface area contributed by atoms with Crippen LogP contribution >= 0.6 is 0 Å². The number of aromatic nitrogens is 1. The zero-order valence-electron chi connectivity index (χ0n) is 17.3. The molecule has 30 heavy (non-hydrogen) atoms. The van der Waals surface area contributed by atoms with E-state index in [1.807, 2.05) is 18.2 Å². The first-order chi connectivity index (χ1) is 14.7. The third kappa shape index (κ3) is 3.68. The molecule has 2 aromatic carbocycles. The maximum atomic E-state index is 6.31. The highest BCUT2D eigenvalue weighted by Gasteiger charge is 2.20. The summed E-state index contributed by atoms with van der Waals surface area (Å²) in [5.74, 6) is 1.47. The summed E-state index contributed by atoms with van der Waals surface area (Å²) in [6, 6.07) is 14.7. The monoisotopic (exact) mass is 405 g/mol. The van der Waals surface area contributed by atoms with Crippen molar-refractivity contribution in [2.75, 3.05) is 50.2 Å². The van der Waals surface area contributed by atoms with Gasteiger partial charge < -0.3 is 24.8 Å². The summed E-state index contributed by atoms with van der Waals surface area (Å²) in [4.78, 5) is 6.91. The molecule has 3 aromatic rings. The Kier molecular flexibility index (Phi) is 5.19. The van der Waals surface area contributed by atoms with Gasteiger partial charge in [0.15, 0.2) is 0 Å². The molecule has 2 fully saturated rings. The van der Waals surface area contributed by atoms with E-state index in [9.17, 15) is 0 Å². The van der Waals surface area contributed by atoms with Gasteiger partial charge in [-0.3, -0.25) is 0 Å². The quantitative estimate of drug-likeness (QED) is 0.712. The van der Waals surface area contributed by atoms with Gasteiger partial charge in [-0.05, 0) is 42.3 Å². The van der Waals surface area contributed by atoms with E-state index in [1.165, 1.54) is 5.56 Å². The number of anilines is 2. The van der Waals surface area contributed by atoms with E-state index in [4.69, 9.17) is 19.9 Å². The number of nitrogen functional groups attached to an aromatic ring is 1. The van der Waals surface area contributed by atoms with Crippen LogP contribution in [0.1, 0.15) is 12.0 Å². The molecule has 2 saturated heterocycles. The highest BCUT2D eigenvalue weighted by molar-refractivity contribution is 5.91. The van der Waals surface area contributed by atoms with Gasteiger partial charge >= 0.3 is 0 Å². The molecule has 1 atom stereocenters. The van der Waals surface area contributed by atoms with Gasteiger partial charge in [0.25, 0.3) is 0 Å². The second-order valence-electron chi connectivity index (χ2n) is 7.95. The molecule has 1 aromatic heterocycles. The summed E-state index contributed by atoms with van der Waals surface area (Å²) in [5.41, 5.74) is 11.6. The molecule has 156 valence electrons. The molecular formula is C24H27N3O3. The van der Waals surface area contributed by atoms with E-state index < -0.39 is 0 Å². The van der Waals surface area contributed by atoms with Crippen molar-refractivity contribution in [3.8, 4) is 16.9 Å². The molecule has 0 amide bonds. The number of nitrogens with two attached hydrogens (primary N) is 1. The first-order valence-electron chi connectivity index (χ1n) is 10.6. The highest BCUT2D eigenvalue weighted by Crippen LogP contribution is 2.37. The van der Waals surface area contributed by atoms with Crippen molar-refractivity contribution in [2.24, 2.45) is 0 Å². The number of nitrogens with zero attached hydrogens (tertiary/aromatic N) is 2. The largest absolute Gasteiger partial charge is 0.487 e. The smallest absolute Gasteiger partial charge is 0.147 e. The van der Waals surface area contributed by atoms with Crippen LogP contribution in [0, 0.1) is 6.92 Å². The first-order valence-corrected chi connectivity index (χ1v) is 10.6. The van der Waals surface area contributed by atoms with Gasteiger partial charge in [0.2, 0.25) is 0 Å². The number of aryl methyl sites for hydroxylation is 1. The minimum Gasteiger partial charge on any atom is -0.487 e. The third-order valence-electron chi connectivity index (χ3n) is 5.88. The second kappa shape index (κ2) is 8.13. The van der Waals surface area contributed by atoms with Crippen molar-refractivity contribution >= 4 is 22.4 Å². The minimum absolute atomic E-state index is 0.111. The van der Waals surface area contributed by atoms with Gasteiger partial charge in [-0.15, -0.1) is 0 Å². The number of hydrogen-bond donors (Lipinski definition) is 1. The molecule has 0 saturated carbocycles. The van der Waals surface area contributed by atoms with E-state index in [1.54, 1.807) is 0 Å². The average Bonchev–Trinajstić information content (AvgIpc) is 3.27. The topological polar surface area (TPSA) is 69.8 Å². The Bertz CT molecular complexity index is 1060. The van der Waals surface area contributed by atoms with Gasteiger partial charge in [-0.1, -0.05) is 18.2 Å². The Hall–Kier alpha value is -2.83. The predicted molar refractivity (Wildman–Crippen MR) is 119 cm³/mol. The number of fused-ring (bicyclic) bond motifs is 1. The standard InChI is InChI=1S/C24H27N3O3/c1-16-3-2-4-22(30-19-7-10-29-15-19)23(16)17-5-6-20-18(13-17)14-21(24(25)26-20)27-8-11-28-12-9-27/h2-6,13-14,19H,7-12,15H2,1H3,(H2,25,26). The molecular weight excluding hydrogens is 378 g/mol. The number of hydrogen-bond acceptors (Lipinski definition) is 6. The fraction of sp³-hybridized carbons (Fsp3) is 0.375. The van der Waals surface area contributed by atoms with Gasteiger partial charge in [0.05, 0.1) is 37.6 Å². The van der Waals surface area contributed by atoms with E-state index in [0.717, 1.165) is 59.6 Å². The summed E-state index contributed by atoms with van der Waals surface area (Å²) >= 11 is 0. The lowest BCUT2D eigenvalue weighted by Gasteiger charge is -2.29. The maximum Gasteiger partial charge on any atom is 0.147 e. The van der Waals surface area contributed by atoms with Crippen LogP contribution in [0.5, 0.6) is 5.75 Å². The Morgan fingerprint density at radius 3 is 2.73 bits per heavy atom. The summed E-state index contributed by atoms with van der Waals surface area (Å²) in [6.07, 6.45) is 1.04. The summed E-state index contributed by atoms with van der Waals surface area (Å²) in [6.45, 7) is 6.62. The van der Waals surface area contributed by atoms with Crippen molar-refractivity contribution in [3.05, 3.63) is 48.0 Å². The fourth-order valence-electron chi connectivity index (χ4n) is 4.29. The molecule has 0 spiro atoms. The zero-order chi connectivity index (χ0) is 20.5. The molecule has 0 radical (unpaired) electrons. The molecule has 1 unspecified atom stereocenters. The Morgan fingerprint density at radius 2 is 1.93 bits per heavy atom. The van der Waals surface area contributed by atoms with E-state index in [0.29, 0.717) is 25.6 Å². The molecule has 0 bridgehead atoms. The molecule has 0 aliphatic carbocycles. The van der Waals surface area contributed by atoms with Crippen LogP contribution < -0.4 is 15.4 Å². The van der Waals surface area contributed by atoms with Crippen LogP contribution in [0.15, 0.2) is 42.5 Å². The Balaban J connectivity index is 1.55. The lowest BCUT2D eigenvalue weighted by Crippen LogP contribution is -2.36. The number of benzene rings is 2. The third-order valence-corrected chi connectivity index (χ3v) is 5.88. The highest BCUT2D eigenvalue weighted by atomic mass is 16.5. The van der Waals surface area contributed by atoms with Crippen molar-refractivity contribution < 1.29 is 14.2 Å². The zero-order valence-corrected chi connectivity index (χ0v) is 17.3. The summed E-state index contributed by atoms with van der Waals surface area (Å²) in [5, 5.41) is 1.07. The second-order valence-corrected chi connectivity index (χ2v) is 7.95. The SMILES string of the molecule is Cc1cccc(OC2CCOC2)c1-c1ccc2nc(N)c(N3CCOCC3)cc2c1. The van der Waals surface area contributed by atoms with Crippen LogP contribution in [0.4, 0.5) is 11.5 Å². The van der Waals surface area contributed by atoms with Crippen LogP contribution in [0.3, 0.4) is 0 Å². The van der Waals surface area contributed by atoms with Crippen molar-refractivity contribution in [3.63, 3.8) is 0 Å². The van der Waals surface area contributed by atoms with E-state index in [2.05, 4.69) is 41.1 Å². The van der Waals surface area contributed by atoms with Crippen molar-refractivity contribution in [1.82, 2.24) is 4.98 Å². The van der Waals surface area contributed by atoms with Crippen molar-refractivity contribution in [2.45, 2.75) is 19.4 Å². The molecule has 3 heterocycles. The van der Waals surface area contributed by atoms with Crippen LogP contribution in [-0.4, -0.2) is 50.6 Å². The Morgan fingerprint density at radius 1 is 1.07 bits per heavy atom. The molecule has 2 aliphatic heterocycles. The lowest BCUT2D eigenvalue weighted by atomic mass is 9.97. The molecule has 2 aliphatic rings. The molecule has 6 nitrogen and oxygen atoms in total. The molecule has 5 rings (SSSR count). The van der Waals surface area contributed by atoms with Gasteiger partial charge in [0.1, 0.15) is 17.7 Å². The minimum atomic E-state index is 0.111. The Labute approximate surface area is 176 Å². The van der Waals surface area contributed by atoms with Gasteiger partial charge in [0, 0.05) is 30.5 Å². The fourth-order valence-corrected chi connectivity index (χ4v) is 4.29. The average molecular weight is 405 g/mol. The summed E-state index contributed by atoms with van der Waals surface area (Å²) < 4.78 is 17.3. The first kappa shape index (κ1) is 19.2. The summed E-state index contributed by atoms with van der Waals surface area (Å²) in [7, 11) is 0. The van der Waals surface area contributed by atoms with Crippen LogP contribution in [0.2, 0.25) is 0 Å². The lowest BCUT2D eigenvalue weighted by molar-refractivity contribution is 0.123. The van der Waals surface area contributed by atoms with Crippen molar-refractivity contribution in [1.29, 1.82) is 0 Å². The molecule has 2 N–H and O–H groups in total. The van der Waals surface area contributed by atoms with Crippen LogP contribution in [0.25, 0.3) is 22.0 Å². The normalized spacial score (nSPS) is 19.4. The number of ether oxygens (including phenoxy) is 3. The maximum absolute atomic E-state index is 6.31. The van der Waals surface area contributed by atoms with Gasteiger partial charge in [-0.25, -0.2) is 4.98 Å². The number of rotatable bonds is 4. The van der Waals surface area contributed by atoms with Crippen LogP contribution in [-0.2, 0) is 9.47 Å². The van der Waals surface area contributed by atoms with E-state index >= 15 is 0 Å². The predicted octanol–water partition coefficient (Wildman–Crippen LogP) is 3.80. The molecule has 6 heteroatoms. The van der Waals surface area contributed by atoms with Gasteiger partial charge in [-0.2, -0.15) is 0 Å². The number of morpholine rings is 1. The van der Waals surface area contributed by atoms with E-state index in [-0.39, 0.29) is 6.10 Å².